The number of benzene rings is 2. The number of ether oxygens (including phenoxy) is 1. The summed E-state index contributed by atoms with van der Waals surface area (Å²) in [7, 11) is 0. The summed E-state index contributed by atoms with van der Waals surface area (Å²) in [6, 6.07) is 21.9. The second-order valence-corrected chi connectivity index (χ2v) is 6.46. The lowest BCUT2D eigenvalue weighted by Crippen LogP contribution is -2.30. The summed E-state index contributed by atoms with van der Waals surface area (Å²) in [4.78, 5) is 13.1. The van der Waals surface area contributed by atoms with Crippen molar-refractivity contribution in [3.8, 4) is 16.9 Å². The lowest BCUT2D eigenvalue weighted by atomic mass is 10.1. The Morgan fingerprint density at radius 2 is 1.71 bits per heavy atom. The maximum absolute atomic E-state index is 12.0. The highest BCUT2D eigenvalue weighted by molar-refractivity contribution is 7.10. The smallest absolute Gasteiger partial charge is 0.258 e. The highest BCUT2D eigenvalue weighted by Crippen LogP contribution is 2.22. The van der Waals surface area contributed by atoms with Crippen LogP contribution < -0.4 is 10.1 Å². The summed E-state index contributed by atoms with van der Waals surface area (Å²) >= 11 is 1.63. The Hall–Kier alpha value is -2.59. The lowest BCUT2D eigenvalue weighted by Gasteiger charge is -2.13. The number of rotatable bonds is 6. The lowest BCUT2D eigenvalue weighted by molar-refractivity contribution is -0.123. The third-order valence-electron chi connectivity index (χ3n) is 3.68. The van der Waals surface area contributed by atoms with Gasteiger partial charge in [-0.05, 0) is 41.6 Å². The Morgan fingerprint density at radius 1 is 1.00 bits per heavy atom. The number of amides is 1. The highest BCUT2D eigenvalue weighted by atomic mass is 32.1. The van der Waals surface area contributed by atoms with Crippen LogP contribution in [0.5, 0.6) is 5.75 Å². The van der Waals surface area contributed by atoms with E-state index in [-0.39, 0.29) is 18.6 Å². The van der Waals surface area contributed by atoms with Crippen molar-refractivity contribution in [1.82, 2.24) is 5.32 Å². The van der Waals surface area contributed by atoms with Crippen molar-refractivity contribution in [2.24, 2.45) is 0 Å². The molecule has 2 aromatic carbocycles. The summed E-state index contributed by atoms with van der Waals surface area (Å²) in [6.07, 6.45) is 0. The fraction of sp³-hybridized carbons (Fsp3) is 0.150. The first kappa shape index (κ1) is 16.3. The molecule has 4 heteroatoms. The number of carbonyl (C=O) groups is 1. The molecule has 0 aliphatic carbocycles. The number of thiophene rings is 1. The molecule has 3 rings (SSSR count). The van der Waals surface area contributed by atoms with Crippen molar-refractivity contribution in [2.45, 2.75) is 13.0 Å². The molecule has 0 saturated heterocycles. The fourth-order valence-corrected chi connectivity index (χ4v) is 3.15. The summed E-state index contributed by atoms with van der Waals surface area (Å²) in [5, 5.41) is 4.94. The molecule has 3 nitrogen and oxygen atoms in total. The zero-order chi connectivity index (χ0) is 16.8. The Labute approximate surface area is 145 Å². The van der Waals surface area contributed by atoms with Crippen molar-refractivity contribution in [3.05, 3.63) is 77.0 Å². The van der Waals surface area contributed by atoms with Crippen molar-refractivity contribution < 1.29 is 9.53 Å². The molecule has 3 aromatic rings. The monoisotopic (exact) mass is 337 g/mol. The van der Waals surface area contributed by atoms with Crippen LogP contribution in [0.15, 0.2) is 72.1 Å². The molecule has 1 amide bonds. The predicted octanol–water partition coefficient (Wildman–Crippen LogP) is 4.67. The Balaban J connectivity index is 1.52. The Morgan fingerprint density at radius 3 is 2.38 bits per heavy atom. The van der Waals surface area contributed by atoms with E-state index in [0.717, 1.165) is 16.0 Å². The van der Waals surface area contributed by atoms with E-state index in [1.165, 1.54) is 0 Å². The highest BCUT2D eigenvalue weighted by Gasteiger charge is 2.10. The van der Waals surface area contributed by atoms with Gasteiger partial charge in [0.1, 0.15) is 5.75 Å². The molecule has 1 atom stereocenters. The number of carbonyl (C=O) groups excluding carboxylic acids is 1. The molecular weight excluding hydrogens is 318 g/mol. The van der Waals surface area contributed by atoms with Crippen molar-refractivity contribution in [3.63, 3.8) is 0 Å². The quantitative estimate of drug-likeness (QED) is 0.710. The van der Waals surface area contributed by atoms with Crippen LogP contribution in [0.2, 0.25) is 0 Å². The minimum absolute atomic E-state index is 0.00144. The summed E-state index contributed by atoms with van der Waals surface area (Å²) in [6.45, 7) is 1.98. The van der Waals surface area contributed by atoms with Gasteiger partial charge in [0.15, 0.2) is 6.61 Å². The molecule has 0 aliphatic heterocycles. The van der Waals surface area contributed by atoms with Crippen LogP contribution >= 0.6 is 11.3 Å². The van der Waals surface area contributed by atoms with Crippen LogP contribution in [-0.2, 0) is 4.79 Å². The zero-order valence-electron chi connectivity index (χ0n) is 13.4. The molecule has 0 spiro atoms. The summed E-state index contributed by atoms with van der Waals surface area (Å²) in [5.74, 6) is 0.566. The molecule has 122 valence electrons. The fourth-order valence-electron chi connectivity index (χ4n) is 2.42. The topological polar surface area (TPSA) is 38.3 Å². The van der Waals surface area contributed by atoms with Crippen LogP contribution in [-0.4, -0.2) is 12.5 Å². The van der Waals surface area contributed by atoms with E-state index in [1.54, 1.807) is 11.3 Å². The second kappa shape index (κ2) is 7.79. The second-order valence-electron chi connectivity index (χ2n) is 5.48. The number of hydrogen-bond donors (Lipinski definition) is 1. The van der Waals surface area contributed by atoms with Crippen LogP contribution in [0.1, 0.15) is 17.8 Å². The van der Waals surface area contributed by atoms with Crippen molar-refractivity contribution in [1.29, 1.82) is 0 Å². The van der Waals surface area contributed by atoms with E-state index in [9.17, 15) is 4.79 Å². The number of hydrogen-bond acceptors (Lipinski definition) is 3. The van der Waals surface area contributed by atoms with Gasteiger partial charge in [-0.1, -0.05) is 48.5 Å². The molecular formula is C20H19NO2S. The van der Waals surface area contributed by atoms with Crippen LogP contribution in [0, 0.1) is 0 Å². The van der Waals surface area contributed by atoms with Gasteiger partial charge in [0.05, 0.1) is 6.04 Å². The SMILES string of the molecule is CC(NC(=O)COc1ccc(-c2ccccc2)cc1)c1cccs1. The van der Waals surface area contributed by atoms with E-state index in [2.05, 4.69) is 17.4 Å². The number of nitrogens with one attached hydrogen (secondary N) is 1. The van der Waals surface area contributed by atoms with Gasteiger partial charge in [0.25, 0.3) is 5.91 Å². The first-order valence-corrected chi connectivity index (χ1v) is 8.71. The van der Waals surface area contributed by atoms with Gasteiger partial charge in [-0.3, -0.25) is 4.79 Å². The van der Waals surface area contributed by atoms with Gasteiger partial charge in [-0.15, -0.1) is 11.3 Å². The molecule has 0 fully saturated rings. The van der Waals surface area contributed by atoms with Crippen molar-refractivity contribution >= 4 is 17.2 Å². The molecule has 1 N–H and O–H groups in total. The summed E-state index contributed by atoms with van der Waals surface area (Å²) < 4.78 is 5.57. The molecule has 24 heavy (non-hydrogen) atoms. The maximum atomic E-state index is 12.0. The van der Waals surface area contributed by atoms with Gasteiger partial charge >= 0.3 is 0 Å². The molecule has 1 unspecified atom stereocenters. The average molecular weight is 337 g/mol. The Kier molecular flexibility index (Phi) is 5.29. The molecule has 0 bridgehead atoms. The first-order chi connectivity index (χ1) is 11.7. The minimum atomic E-state index is -0.122. The van der Waals surface area contributed by atoms with Gasteiger partial charge in [-0.25, -0.2) is 0 Å². The van der Waals surface area contributed by atoms with E-state index < -0.39 is 0 Å². The van der Waals surface area contributed by atoms with E-state index in [4.69, 9.17) is 4.74 Å². The first-order valence-electron chi connectivity index (χ1n) is 7.83. The van der Waals surface area contributed by atoms with Crippen LogP contribution in [0.4, 0.5) is 0 Å². The third-order valence-corrected chi connectivity index (χ3v) is 4.73. The maximum Gasteiger partial charge on any atom is 0.258 e. The molecule has 0 saturated carbocycles. The molecule has 1 heterocycles. The minimum Gasteiger partial charge on any atom is -0.484 e. The third kappa shape index (κ3) is 4.24. The predicted molar refractivity (Wildman–Crippen MR) is 98.2 cm³/mol. The molecule has 0 aliphatic rings. The van der Waals surface area contributed by atoms with Gasteiger partial charge < -0.3 is 10.1 Å². The van der Waals surface area contributed by atoms with E-state index >= 15 is 0 Å². The van der Waals surface area contributed by atoms with E-state index in [0.29, 0.717) is 5.75 Å². The van der Waals surface area contributed by atoms with Gasteiger partial charge in [-0.2, -0.15) is 0 Å². The zero-order valence-corrected chi connectivity index (χ0v) is 14.3. The molecule has 0 radical (unpaired) electrons. The van der Waals surface area contributed by atoms with Gasteiger partial charge in [0.2, 0.25) is 0 Å². The van der Waals surface area contributed by atoms with Crippen LogP contribution in [0.25, 0.3) is 11.1 Å². The standard InChI is InChI=1S/C20H19NO2S/c1-15(19-8-5-13-24-19)21-20(22)14-23-18-11-9-17(10-12-18)16-6-3-2-4-7-16/h2-13,15H,14H2,1H3,(H,21,22). The largest absolute Gasteiger partial charge is 0.484 e. The molecule has 1 aromatic heterocycles. The summed E-state index contributed by atoms with van der Waals surface area (Å²) in [5.41, 5.74) is 2.28. The van der Waals surface area contributed by atoms with Crippen LogP contribution in [0.3, 0.4) is 0 Å². The van der Waals surface area contributed by atoms with E-state index in [1.807, 2.05) is 66.9 Å². The van der Waals surface area contributed by atoms with Crippen molar-refractivity contribution in [2.75, 3.05) is 6.61 Å². The normalized spacial score (nSPS) is 11.7. The Bertz CT molecular complexity index is 767. The van der Waals surface area contributed by atoms with Gasteiger partial charge in [0, 0.05) is 4.88 Å². The average Bonchev–Trinajstić information content (AvgIpc) is 3.16.